The summed E-state index contributed by atoms with van der Waals surface area (Å²) in [4.78, 5) is 21.9. The van der Waals surface area contributed by atoms with Gasteiger partial charge in [-0.3, -0.25) is 4.79 Å². The molecular formula is C27H47NO3. The Kier molecular flexibility index (Phi) is 34.2. The number of esters is 1. The van der Waals surface area contributed by atoms with Gasteiger partial charge in [-0.2, -0.15) is 0 Å². The minimum absolute atomic E-state index is 0. The van der Waals surface area contributed by atoms with Gasteiger partial charge in [-0.05, 0) is 51.5 Å². The summed E-state index contributed by atoms with van der Waals surface area (Å²) in [6.07, 6.45) is 26.6. The Labute approximate surface area is 192 Å². The predicted molar refractivity (Wildman–Crippen MR) is 138 cm³/mol. The fourth-order valence-corrected chi connectivity index (χ4v) is 1.76. The van der Waals surface area contributed by atoms with Gasteiger partial charge in [0.2, 0.25) is 5.91 Å². The lowest BCUT2D eigenvalue weighted by molar-refractivity contribution is -0.134. The maximum Gasteiger partial charge on any atom is 0.330 e. The molecule has 0 spiro atoms. The van der Waals surface area contributed by atoms with E-state index in [1.807, 2.05) is 62.5 Å². The van der Waals surface area contributed by atoms with E-state index in [-0.39, 0.29) is 26.7 Å². The van der Waals surface area contributed by atoms with E-state index in [2.05, 4.69) is 36.1 Å². The molecule has 0 fully saturated rings. The molecule has 0 aliphatic rings. The van der Waals surface area contributed by atoms with Crippen molar-refractivity contribution in [1.82, 2.24) is 5.32 Å². The van der Waals surface area contributed by atoms with Crippen LogP contribution < -0.4 is 5.32 Å². The number of carbonyl (C=O) groups excluding carboxylic acids is 2. The third-order valence-corrected chi connectivity index (χ3v) is 3.29. The van der Waals surface area contributed by atoms with Crippen LogP contribution in [-0.4, -0.2) is 25.5 Å². The molecule has 0 unspecified atom stereocenters. The third kappa shape index (κ3) is 35.2. The largest absolute Gasteiger partial charge is 0.466 e. The molecule has 0 atom stereocenters. The molecule has 1 amide bonds. The van der Waals surface area contributed by atoms with Crippen LogP contribution in [0.25, 0.3) is 0 Å². The minimum atomic E-state index is -0.294. The van der Waals surface area contributed by atoms with Crippen LogP contribution >= 0.6 is 0 Å². The lowest BCUT2D eigenvalue weighted by Gasteiger charge is -2.03. The van der Waals surface area contributed by atoms with Crippen molar-refractivity contribution in [3.05, 3.63) is 72.9 Å². The molecule has 4 heteroatoms. The molecule has 178 valence electrons. The van der Waals surface area contributed by atoms with Crippen LogP contribution in [0.4, 0.5) is 0 Å². The lowest BCUT2D eigenvalue weighted by Crippen LogP contribution is -2.25. The molecule has 0 saturated carbocycles. The number of hydrogen-bond acceptors (Lipinski definition) is 3. The van der Waals surface area contributed by atoms with Crippen LogP contribution in [0.5, 0.6) is 0 Å². The highest BCUT2D eigenvalue weighted by atomic mass is 16.5. The molecule has 0 aliphatic carbocycles. The van der Waals surface area contributed by atoms with Gasteiger partial charge in [0.1, 0.15) is 0 Å². The molecule has 0 rings (SSSR count). The van der Waals surface area contributed by atoms with Gasteiger partial charge in [-0.15, -0.1) is 0 Å². The van der Waals surface area contributed by atoms with Gasteiger partial charge in [0.15, 0.2) is 0 Å². The molecule has 4 nitrogen and oxygen atoms in total. The fourth-order valence-electron chi connectivity index (χ4n) is 1.76. The number of carbonyl (C=O) groups is 2. The van der Waals surface area contributed by atoms with E-state index >= 15 is 0 Å². The van der Waals surface area contributed by atoms with E-state index in [9.17, 15) is 9.59 Å². The number of amides is 1. The number of methoxy groups -OCH3 is 1. The van der Waals surface area contributed by atoms with E-state index in [1.54, 1.807) is 6.08 Å². The number of nitrogens with one attached hydrogen (secondary N) is 1. The van der Waals surface area contributed by atoms with Crippen LogP contribution in [0.3, 0.4) is 0 Å². The predicted octanol–water partition coefficient (Wildman–Crippen LogP) is 7.13. The Morgan fingerprint density at radius 2 is 1.23 bits per heavy atom. The first-order chi connectivity index (χ1) is 14.0. The summed E-state index contributed by atoms with van der Waals surface area (Å²) in [7, 11) is 1.37. The van der Waals surface area contributed by atoms with E-state index in [0.29, 0.717) is 5.92 Å². The van der Waals surface area contributed by atoms with Gasteiger partial charge in [0.05, 0.1) is 7.11 Å². The fraction of sp³-hybridized carbons (Fsp3) is 0.481. The molecule has 0 aromatic rings. The van der Waals surface area contributed by atoms with E-state index in [0.717, 1.165) is 32.2 Å². The summed E-state index contributed by atoms with van der Waals surface area (Å²) < 4.78 is 4.44. The Bertz CT molecular complexity index is 579. The zero-order valence-electron chi connectivity index (χ0n) is 18.8. The van der Waals surface area contributed by atoms with Crippen LogP contribution in [0.2, 0.25) is 0 Å². The standard InChI is InChI=1S/C14H23NO.C11H16O2.2CH4/c1-4-5-6-7-8-9-10-11-14(16)15-12-13(2)3;1-3-4-5-6-7-8-9-10-11(12)13-2;;/h4-7,10-11,13H,8-9,12H2,1-3H3,(H,15,16);3-6,9-10H,7-8H2,1-2H3;2*1H4/b5-4+,7-6-,11-10+;4-3+,6-5-,10-9+;;. The summed E-state index contributed by atoms with van der Waals surface area (Å²) in [5.41, 5.74) is 0. The first-order valence-electron chi connectivity index (χ1n) is 10.2. The Morgan fingerprint density at radius 1 is 0.774 bits per heavy atom. The second kappa shape index (κ2) is 29.6. The zero-order valence-corrected chi connectivity index (χ0v) is 18.8. The zero-order chi connectivity index (χ0) is 22.2. The van der Waals surface area contributed by atoms with Crippen LogP contribution in [0.15, 0.2) is 72.9 Å². The van der Waals surface area contributed by atoms with Crippen molar-refractivity contribution in [3.8, 4) is 0 Å². The first-order valence-corrected chi connectivity index (χ1v) is 10.2. The molecule has 0 heterocycles. The maximum atomic E-state index is 11.3. The Hall–Kier alpha value is -2.62. The average molecular weight is 434 g/mol. The van der Waals surface area contributed by atoms with Gasteiger partial charge >= 0.3 is 5.97 Å². The summed E-state index contributed by atoms with van der Waals surface area (Å²) in [6, 6.07) is 0. The number of hydrogen-bond donors (Lipinski definition) is 1. The van der Waals surface area contributed by atoms with Crippen molar-refractivity contribution in [3.63, 3.8) is 0 Å². The van der Waals surface area contributed by atoms with Crippen molar-refractivity contribution in [2.24, 2.45) is 5.92 Å². The van der Waals surface area contributed by atoms with Crippen molar-refractivity contribution < 1.29 is 14.3 Å². The summed E-state index contributed by atoms with van der Waals surface area (Å²) in [5, 5.41) is 2.84. The average Bonchev–Trinajstić information content (AvgIpc) is 2.71. The van der Waals surface area contributed by atoms with Crippen molar-refractivity contribution >= 4 is 11.9 Å². The monoisotopic (exact) mass is 433 g/mol. The van der Waals surface area contributed by atoms with Crippen molar-refractivity contribution in [2.45, 2.75) is 68.2 Å². The van der Waals surface area contributed by atoms with E-state index < -0.39 is 0 Å². The first kappa shape index (κ1) is 35.8. The minimum Gasteiger partial charge on any atom is -0.466 e. The molecule has 0 saturated heterocycles. The van der Waals surface area contributed by atoms with Gasteiger partial charge < -0.3 is 10.1 Å². The second-order valence-electron chi connectivity index (χ2n) is 6.53. The molecule has 31 heavy (non-hydrogen) atoms. The molecule has 0 radical (unpaired) electrons. The van der Waals surface area contributed by atoms with Crippen molar-refractivity contribution in [2.75, 3.05) is 13.7 Å². The second-order valence-corrected chi connectivity index (χ2v) is 6.53. The number of unbranched alkanes of at least 4 members (excludes halogenated alkanes) is 2. The Morgan fingerprint density at radius 3 is 1.65 bits per heavy atom. The van der Waals surface area contributed by atoms with Crippen molar-refractivity contribution in [1.29, 1.82) is 0 Å². The molecular weight excluding hydrogens is 386 g/mol. The van der Waals surface area contributed by atoms with Gasteiger partial charge in [-0.25, -0.2) is 4.79 Å². The molecule has 1 N–H and O–H groups in total. The highest BCUT2D eigenvalue weighted by Gasteiger charge is 1.96. The quantitative estimate of drug-likeness (QED) is 0.154. The summed E-state index contributed by atoms with van der Waals surface area (Å²) in [5.74, 6) is 0.213. The van der Waals surface area contributed by atoms with Crippen LogP contribution in [0, 0.1) is 5.92 Å². The molecule has 0 aliphatic heterocycles. The Balaban J connectivity index is -0.000000225. The number of ether oxygens (including phenoxy) is 1. The highest BCUT2D eigenvalue weighted by molar-refractivity contribution is 5.87. The van der Waals surface area contributed by atoms with Gasteiger partial charge in [0.25, 0.3) is 0 Å². The topological polar surface area (TPSA) is 55.4 Å². The third-order valence-electron chi connectivity index (χ3n) is 3.29. The van der Waals surface area contributed by atoms with Crippen LogP contribution in [-0.2, 0) is 14.3 Å². The number of allylic oxidation sites excluding steroid dienone is 10. The summed E-state index contributed by atoms with van der Waals surface area (Å²) in [6.45, 7) is 8.86. The smallest absolute Gasteiger partial charge is 0.330 e. The normalized spacial score (nSPS) is 11.3. The molecule has 0 aromatic carbocycles. The maximum absolute atomic E-state index is 11.3. The lowest BCUT2D eigenvalue weighted by atomic mass is 10.2. The summed E-state index contributed by atoms with van der Waals surface area (Å²) >= 11 is 0. The molecule has 0 aromatic heterocycles. The van der Waals surface area contributed by atoms with E-state index in [4.69, 9.17) is 0 Å². The SMILES string of the molecule is C.C.C/C=C/C=C\CC/C=C/C(=O)NCC(C)C.C/C=C/C=C\CC/C=C/C(=O)OC. The van der Waals surface area contributed by atoms with Gasteiger partial charge in [-0.1, -0.05) is 89.5 Å². The van der Waals surface area contributed by atoms with Gasteiger partial charge in [0, 0.05) is 12.6 Å². The highest BCUT2D eigenvalue weighted by Crippen LogP contribution is 1.94. The van der Waals surface area contributed by atoms with Crippen LogP contribution in [0.1, 0.15) is 68.2 Å². The molecule has 0 bridgehead atoms. The van der Waals surface area contributed by atoms with E-state index in [1.165, 1.54) is 13.2 Å². The number of rotatable bonds is 12.